The number of carbonyl (C=O) groups is 1. The van der Waals surface area contributed by atoms with E-state index >= 15 is 0 Å². The number of hydrogen-bond acceptors (Lipinski definition) is 4. The molecular formula is C15H28N2O3. The monoisotopic (exact) mass is 284 g/mol. The van der Waals surface area contributed by atoms with Gasteiger partial charge in [0, 0.05) is 19.1 Å². The minimum Gasteiger partial charge on any atom is -0.480 e. The molecule has 5 nitrogen and oxygen atoms in total. The second-order valence-electron chi connectivity index (χ2n) is 6.24. The Balaban J connectivity index is 2.03. The molecular weight excluding hydrogens is 256 g/mol. The molecule has 1 aliphatic heterocycles. The fourth-order valence-electron chi connectivity index (χ4n) is 3.53. The predicted octanol–water partition coefficient (Wildman–Crippen LogP) is 1.47. The summed E-state index contributed by atoms with van der Waals surface area (Å²) in [4.78, 5) is 14.2. The van der Waals surface area contributed by atoms with Crippen molar-refractivity contribution < 1.29 is 14.6 Å². The van der Waals surface area contributed by atoms with Gasteiger partial charge < -0.3 is 15.2 Å². The van der Waals surface area contributed by atoms with Crippen molar-refractivity contribution in [1.82, 2.24) is 10.2 Å². The fourth-order valence-corrected chi connectivity index (χ4v) is 3.53. The Labute approximate surface area is 121 Å². The normalized spacial score (nSPS) is 35.9. The molecule has 2 fully saturated rings. The highest BCUT2D eigenvalue weighted by atomic mass is 16.5. The fraction of sp³-hybridized carbons (Fsp3) is 0.933. The number of ether oxygens (including phenoxy) is 1. The molecule has 0 aromatic carbocycles. The third-order valence-corrected chi connectivity index (χ3v) is 4.64. The SMILES string of the molecule is CCCNC1(C(=O)O)CCCC(N2CCOC(C)C2)C1. The van der Waals surface area contributed by atoms with Crippen LogP contribution in [0.15, 0.2) is 0 Å². The van der Waals surface area contributed by atoms with E-state index in [1.54, 1.807) is 0 Å². The van der Waals surface area contributed by atoms with Crippen LogP contribution in [0.5, 0.6) is 0 Å². The van der Waals surface area contributed by atoms with Gasteiger partial charge in [-0.2, -0.15) is 0 Å². The van der Waals surface area contributed by atoms with Gasteiger partial charge in [-0.3, -0.25) is 9.69 Å². The highest BCUT2D eigenvalue weighted by Crippen LogP contribution is 2.32. The van der Waals surface area contributed by atoms with Crippen LogP contribution in [-0.4, -0.2) is 59.9 Å². The van der Waals surface area contributed by atoms with E-state index in [0.717, 1.165) is 58.3 Å². The lowest BCUT2D eigenvalue weighted by Gasteiger charge is -2.45. The molecule has 2 rings (SSSR count). The van der Waals surface area contributed by atoms with Crippen LogP contribution in [0.2, 0.25) is 0 Å². The quantitative estimate of drug-likeness (QED) is 0.800. The number of aliphatic carboxylic acids is 1. The van der Waals surface area contributed by atoms with Crippen LogP contribution in [0.1, 0.15) is 46.0 Å². The summed E-state index contributed by atoms with van der Waals surface area (Å²) < 4.78 is 5.59. The summed E-state index contributed by atoms with van der Waals surface area (Å²) in [6.07, 6.45) is 4.78. The molecule has 20 heavy (non-hydrogen) atoms. The van der Waals surface area contributed by atoms with Gasteiger partial charge in [0.15, 0.2) is 0 Å². The number of carboxylic acids is 1. The van der Waals surface area contributed by atoms with E-state index in [4.69, 9.17) is 4.74 Å². The Kier molecular flexibility index (Phi) is 5.41. The Hall–Kier alpha value is -0.650. The van der Waals surface area contributed by atoms with Gasteiger partial charge >= 0.3 is 5.97 Å². The molecule has 0 bridgehead atoms. The first kappa shape index (κ1) is 15.7. The van der Waals surface area contributed by atoms with Crippen molar-refractivity contribution >= 4 is 5.97 Å². The van der Waals surface area contributed by atoms with Crippen LogP contribution >= 0.6 is 0 Å². The minimum absolute atomic E-state index is 0.258. The van der Waals surface area contributed by atoms with Crippen molar-refractivity contribution in [2.75, 3.05) is 26.2 Å². The van der Waals surface area contributed by atoms with Crippen LogP contribution in [0, 0.1) is 0 Å². The van der Waals surface area contributed by atoms with Gasteiger partial charge in [0.05, 0.1) is 12.7 Å². The molecule has 1 heterocycles. The van der Waals surface area contributed by atoms with Crippen LogP contribution in [0.25, 0.3) is 0 Å². The number of rotatable bonds is 5. The molecule has 1 aliphatic carbocycles. The Morgan fingerprint density at radius 2 is 2.35 bits per heavy atom. The zero-order chi connectivity index (χ0) is 14.6. The number of nitrogens with zero attached hydrogens (tertiary/aromatic N) is 1. The number of carboxylic acid groups (broad SMARTS) is 1. The summed E-state index contributed by atoms with van der Waals surface area (Å²) in [6, 6.07) is 0.371. The third-order valence-electron chi connectivity index (χ3n) is 4.64. The van der Waals surface area contributed by atoms with Crippen molar-refractivity contribution in [2.45, 2.75) is 63.6 Å². The summed E-state index contributed by atoms with van der Waals surface area (Å²) in [5.74, 6) is -0.683. The second-order valence-corrected chi connectivity index (χ2v) is 6.24. The Morgan fingerprint density at radius 1 is 1.55 bits per heavy atom. The molecule has 0 amide bonds. The van der Waals surface area contributed by atoms with Gasteiger partial charge in [-0.25, -0.2) is 0 Å². The van der Waals surface area contributed by atoms with Crippen LogP contribution in [-0.2, 0) is 9.53 Å². The molecule has 0 aromatic rings. The lowest BCUT2D eigenvalue weighted by atomic mass is 9.78. The highest BCUT2D eigenvalue weighted by molar-refractivity contribution is 5.79. The maximum absolute atomic E-state index is 11.8. The van der Waals surface area contributed by atoms with E-state index < -0.39 is 11.5 Å². The average molecular weight is 284 g/mol. The lowest BCUT2D eigenvalue weighted by molar-refractivity contribution is -0.148. The first-order valence-corrected chi connectivity index (χ1v) is 7.91. The molecule has 5 heteroatoms. The predicted molar refractivity (Wildman–Crippen MR) is 77.9 cm³/mol. The van der Waals surface area contributed by atoms with Crippen molar-refractivity contribution in [2.24, 2.45) is 0 Å². The van der Waals surface area contributed by atoms with Gasteiger partial charge in [0.2, 0.25) is 0 Å². The van der Waals surface area contributed by atoms with E-state index in [-0.39, 0.29) is 6.10 Å². The summed E-state index contributed by atoms with van der Waals surface area (Å²) in [6.45, 7) is 7.56. The molecule has 116 valence electrons. The molecule has 1 saturated carbocycles. The zero-order valence-corrected chi connectivity index (χ0v) is 12.7. The summed E-state index contributed by atoms with van der Waals surface area (Å²) >= 11 is 0. The largest absolute Gasteiger partial charge is 0.480 e. The molecule has 3 atom stereocenters. The minimum atomic E-state index is -0.722. The standard InChI is InChI=1S/C15H28N2O3/c1-3-7-16-15(14(18)19)6-4-5-13(10-15)17-8-9-20-12(2)11-17/h12-13,16H,3-11H2,1-2H3,(H,18,19). The topological polar surface area (TPSA) is 61.8 Å². The summed E-state index contributed by atoms with van der Waals surface area (Å²) in [5, 5.41) is 13.0. The first-order chi connectivity index (χ1) is 9.57. The highest BCUT2D eigenvalue weighted by Gasteiger charge is 2.44. The maximum Gasteiger partial charge on any atom is 0.323 e. The van der Waals surface area contributed by atoms with Gasteiger partial charge in [0.25, 0.3) is 0 Å². The van der Waals surface area contributed by atoms with E-state index in [0.29, 0.717) is 6.04 Å². The zero-order valence-electron chi connectivity index (χ0n) is 12.7. The molecule has 0 aromatic heterocycles. The van der Waals surface area contributed by atoms with Gasteiger partial charge in [-0.05, 0) is 45.6 Å². The van der Waals surface area contributed by atoms with Gasteiger partial charge in [-0.15, -0.1) is 0 Å². The van der Waals surface area contributed by atoms with E-state index in [9.17, 15) is 9.90 Å². The molecule has 0 radical (unpaired) electrons. The van der Waals surface area contributed by atoms with E-state index in [1.807, 2.05) is 0 Å². The van der Waals surface area contributed by atoms with E-state index in [2.05, 4.69) is 24.1 Å². The Morgan fingerprint density at radius 3 is 3.00 bits per heavy atom. The van der Waals surface area contributed by atoms with E-state index in [1.165, 1.54) is 0 Å². The maximum atomic E-state index is 11.8. The molecule has 2 aliphatic rings. The number of morpholine rings is 1. The summed E-state index contributed by atoms with van der Waals surface area (Å²) in [5.41, 5.74) is -0.722. The van der Waals surface area contributed by atoms with Crippen molar-refractivity contribution in [3.8, 4) is 0 Å². The Bertz CT molecular complexity index is 337. The van der Waals surface area contributed by atoms with Crippen molar-refractivity contribution in [3.63, 3.8) is 0 Å². The molecule has 1 saturated heterocycles. The van der Waals surface area contributed by atoms with Crippen molar-refractivity contribution in [1.29, 1.82) is 0 Å². The lowest BCUT2D eigenvalue weighted by Crippen LogP contribution is -2.60. The number of hydrogen-bond donors (Lipinski definition) is 2. The first-order valence-electron chi connectivity index (χ1n) is 7.91. The van der Waals surface area contributed by atoms with Crippen LogP contribution in [0.3, 0.4) is 0 Å². The smallest absolute Gasteiger partial charge is 0.323 e. The second kappa shape index (κ2) is 6.87. The van der Waals surface area contributed by atoms with Crippen molar-refractivity contribution in [3.05, 3.63) is 0 Å². The number of nitrogens with one attached hydrogen (secondary N) is 1. The summed E-state index contributed by atoms with van der Waals surface area (Å²) in [7, 11) is 0. The van der Waals surface area contributed by atoms with Gasteiger partial charge in [0.1, 0.15) is 5.54 Å². The molecule has 2 N–H and O–H groups in total. The average Bonchev–Trinajstić information content (AvgIpc) is 2.45. The third kappa shape index (κ3) is 3.51. The van der Waals surface area contributed by atoms with Gasteiger partial charge in [-0.1, -0.05) is 6.92 Å². The van der Waals surface area contributed by atoms with Crippen LogP contribution in [0.4, 0.5) is 0 Å². The molecule has 0 spiro atoms. The van der Waals surface area contributed by atoms with Crippen LogP contribution < -0.4 is 5.32 Å². The molecule has 3 unspecified atom stereocenters.